The third-order valence-electron chi connectivity index (χ3n) is 2.89. The third kappa shape index (κ3) is 2.86. The van der Waals surface area contributed by atoms with Gasteiger partial charge in [-0.05, 0) is 18.2 Å². The third-order valence-corrected chi connectivity index (χ3v) is 4.00. The molecule has 104 valence electrons. The normalized spacial score (nSPS) is 14.4. The van der Waals surface area contributed by atoms with Gasteiger partial charge < -0.3 is 10.1 Å². The molecule has 1 amide bonds. The first-order chi connectivity index (χ1) is 9.72. The Kier molecular flexibility index (Phi) is 3.75. The second kappa shape index (κ2) is 5.68. The first kappa shape index (κ1) is 13.2. The van der Waals surface area contributed by atoms with Gasteiger partial charge in [0.25, 0.3) is 0 Å². The van der Waals surface area contributed by atoms with Crippen LogP contribution in [-0.2, 0) is 11.3 Å². The van der Waals surface area contributed by atoms with Crippen molar-refractivity contribution in [1.29, 1.82) is 0 Å². The molecule has 0 saturated carbocycles. The number of ether oxygens (including phenoxy) is 1. The number of amides is 1. The number of nitrogens with zero attached hydrogens (tertiary/aromatic N) is 2. The fourth-order valence-electron chi connectivity index (χ4n) is 1.96. The van der Waals surface area contributed by atoms with E-state index in [4.69, 9.17) is 16.3 Å². The maximum atomic E-state index is 11.5. The molecule has 20 heavy (non-hydrogen) atoms. The molecule has 0 spiro atoms. The number of rotatable bonds is 4. The first-order valence-electron chi connectivity index (χ1n) is 6.11. The van der Waals surface area contributed by atoms with Gasteiger partial charge in [0.05, 0.1) is 19.3 Å². The maximum absolute atomic E-state index is 11.5. The Morgan fingerprint density at radius 1 is 1.50 bits per heavy atom. The summed E-state index contributed by atoms with van der Waals surface area (Å²) >= 11 is 7.28. The van der Waals surface area contributed by atoms with Gasteiger partial charge in [0.15, 0.2) is 0 Å². The van der Waals surface area contributed by atoms with Gasteiger partial charge in [-0.3, -0.25) is 4.90 Å². The molecule has 3 rings (SSSR count). The van der Waals surface area contributed by atoms with E-state index in [-0.39, 0.29) is 6.09 Å². The number of hydrogen-bond donors (Lipinski definition) is 1. The molecule has 0 atom stereocenters. The molecule has 7 heteroatoms. The van der Waals surface area contributed by atoms with Crippen molar-refractivity contribution in [1.82, 2.24) is 4.98 Å². The molecule has 1 saturated heterocycles. The molecule has 0 radical (unpaired) electrons. The Balaban J connectivity index is 1.69. The van der Waals surface area contributed by atoms with E-state index in [1.807, 2.05) is 24.3 Å². The highest BCUT2D eigenvalue weighted by atomic mass is 35.5. The molecule has 1 aliphatic rings. The summed E-state index contributed by atoms with van der Waals surface area (Å²) in [6.07, 6.45) is 1.34. The zero-order chi connectivity index (χ0) is 13.9. The second-order valence-corrected chi connectivity index (χ2v) is 5.97. The average molecular weight is 310 g/mol. The van der Waals surface area contributed by atoms with Crippen LogP contribution in [0.15, 0.2) is 30.5 Å². The van der Waals surface area contributed by atoms with E-state index in [0.717, 1.165) is 16.4 Å². The number of benzene rings is 1. The molecule has 5 nitrogen and oxygen atoms in total. The number of nitrogens with one attached hydrogen (secondary N) is 1. The molecule has 1 aromatic heterocycles. The highest BCUT2D eigenvalue weighted by Gasteiger charge is 2.23. The van der Waals surface area contributed by atoms with Gasteiger partial charge in [-0.25, -0.2) is 9.78 Å². The van der Waals surface area contributed by atoms with E-state index in [1.54, 1.807) is 11.1 Å². The topological polar surface area (TPSA) is 54.5 Å². The van der Waals surface area contributed by atoms with Crippen molar-refractivity contribution >= 4 is 40.4 Å². The van der Waals surface area contributed by atoms with E-state index in [0.29, 0.717) is 24.0 Å². The molecular formula is C13H12ClN3O2S. The molecule has 2 heterocycles. The van der Waals surface area contributed by atoms with Crippen molar-refractivity contribution in [3.05, 3.63) is 39.8 Å². The van der Waals surface area contributed by atoms with Crippen molar-refractivity contribution < 1.29 is 9.53 Å². The lowest BCUT2D eigenvalue weighted by Crippen LogP contribution is -2.23. The van der Waals surface area contributed by atoms with Gasteiger partial charge in [-0.15, -0.1) is 11.3 Å². The van der Waals surface area contributed by atoms with Crippen molar-refractivity contribution in [3.63, 3.8) is 0 Å². The molecule has 2 aromatic rings. The number of anilines is 2. The molecule has 0 aliphatic carbocycles. The molecule has 1 aromatic carbocycles. The van der Waals surface area contributed by atoms with E-state index in [2.05, 4.69) is 10.3 Å². The molecule has 0 bridgehead atoms. The van der Waals surface area contributed by atoms with Crippen LogP contribution in [0.3, 0.4) is 0 Å². The Labute approximate surface area is 125 Å². The lowest BCUT2D eigenvalue weighted by atomic mass is 10.2. The number of thiazole rings is 1. The van der Waals surface area contributed by atoms with Crippen LogP contribution in [0, 0.1) is 0 Å². The number of hydrogen-bond acceptors (Lipinski definition) is 5. The molecule has 0 unspecified atom stereocenters. The van der Waals surface area contributed by atoms with Crippen molar-refractivity contribution in [2.75, 3.05) is 23.4 Å². The summed E-state index contributed by atoms with van der Waals surface area (Å²) in [6, 6.07) is 7.65. The molecular weight excluding hydrogens is 298 g/mol. The summed E-state index contributed by atoms with van der Waals surface area (Å²) in [5.74, 6) is 0. The lowest BCUT2D eigenvalue weighted by Gasteiger charge is -2.14. The monoisotopic (exact) mass is 309 g/mol. The van der Waals surface area contributed by atoms with Crippen LogP contribution < -0.4 is 10.2 Å². The number of halogens is 1. The van der Waals surface area contributed by atoms with Crippen LogP contribution >= 0.6 is 22.9 Å². The van der Waals surface area contributed by atoms with Crippen LogP contribution in [0.25, 0.3) is 0 Å². The van der Waals surface area contributed by atoms with Crippen LogP contribution in [0.1, 0.15) is 5.01 Å². The predicted molar refractivity (Wildman–Crippen MR) is 79.6 cm³/mol. The van der Waals surface area contributed by atoms with Crippen LogP contribution in [-0.4, -0.2) is 24.2 Å². The first-order valence-corrected chi connectivity index (χ1v) is 7.30. The standard InChI is InChI=1S/C13H12ClN3O2S/c14-11-7-16-12(20-11)8-15-9-2-1-3-10(6-9)17-4-5-19-13(17)18/h1-3,6-7,15H,4-5,8H2. The van der Waals surface area contributed by atoms with Crippen molar-refractivity contribution in [2.45, 2.75) is 6.54 Å². The van der Waals surface area contributed by atoms with Gasteiger partial charge in [0, 0.05) is 11.4 Å². The van der Waals surface area contributed by atoms with Gasteiger partial charge in [-0.1, -0.05) is 17.7 Å². The number of aromatic nitrogens is 1. The van der Waals surface area contributed by atoms with Gasteiger partial charge >= 0.3 is 6.09 Å². The smallest absolute Gasteiger partial charge is 0.414 e. The highest BCUT2D eigenvalue weighted by Crippen LogP contribution is 2.24. The zero-order valence-electron chi connectivity index (χ0n) is 10.5. The zero-order valence-corrected chi connectivity index (χ0v) is 12.1. The molecule has 1 aliphatic heterocycles. The predicted octanol–water partition coefficient (Wildman–Crippen LogP) is 3.37. The van der Waals surface area contributed by atoms with Crippen LogP contribution in [0.4, 0.5) is 16.2 Å². The minimum atomic E-state index is -0.297. The number of carbonyl (C=O) groups is 1. The molecule has 1 N–H and O–H groups in total. The largest absolute Gasteiger partial charge is 0.447 e. The fourth-order valence-corrected chi connectivity index (χ4v) is 2.86. The second-order valence-electron chi connectivity index (χ2n) is 4.23. The minimum Gasteiger partial charge on any atom is -0.447 e. The Morgan fingerprint density at radius 3 is 3.10 bits per heavy atom. The minimum absolute atomic E-state index is 0.297. The van der Waals surface area contributed by atoms with Crippen LogP contribution in [0.5, 0.6) is 0 Å². The summed E-state index contributed by atoms with van der Waals surface area (Å²) < 4.78 is 5.61. The SMILES string of the molecule is O=C1OCCN1c1cccc(NCc2ncc(Cl)s2)c1. The lowest BCUT2D eigenvalue weighted by molar-refractivity contribution is 0.181. The summed E-state index contributed by atoms with van der Waals surface area (Å²) in [4.78, 5) is 17.3. The summed E-state index contributed by atoms with van der Waals surface area (Å²) in [7, 11) is 0. The van der Waals surface area contributed by atoms with Gasteiger partial charge in [-0.2, -0.15) is 0 Å². The van der Waals surface area contributed by atoms with Gasteiger partial charge in [0.1, 0.15) is 16.0 Å². The van der Waals surface area contributed by atoms with Gasteiger partial charge in [0.2, 0.25) is 0 Å². The Bertz CT molecular complexity index is 632. The van der Waals surface area contributed by atoms with E-state index >= 15 is 0 Å². The number of cyclic esters (lactones) is 1. The van der Waals surface area contributed by atoms with Crippen molar-refractivity contribution in [2.24, 2.45) is 0 Å². The van der Waals surface area contributed by atoms with Crippen molar-refractivity contribution in [3.8, 4) is 0 Å². The van der Waals surface area contributed by atoms with E-state index in [1.165, 1.54) is 11.3 Å². The number of carbonyl (C=O) groups excluding carboxylic acids is 1. The molecule has 1 fully saturated rings. The van der Waals surface area contributed by atoms with Crippen LogP contribution in [0.2, 0.25) is 4.34 Å². The quantitative estimate of drug-likeness (QED) is 0.941. The Hall–Kier alpha value is -1.79. The van der Waals surface area contributed by atoms with E-state index in [9.17, 15) is 4.79 Å². The highest BCUT2D eigenvalue weighted by molar-refractivity contribution is 7.15. The Morgan fingerprint density at radius 2 is 2.40 bits per heavy atom. The summed E-state index contributed by atoms with van der Waals surface area (Å²) in [5.41, 5.74) is 1.75. The summed E-state index contributed by atoms with van der Waals surface area (Å²) in [6.45, 7) is 1.63. The van der Waals surface area contributed by atoms with E-state index < -0.39 is 0 Å². The average Bonchev–Trinajstić information content (AvgIpc) is 3.05. The summed E-state index contributed by atoms with van der Waals surface area (Å²) in [5, 5.41) is 4.18. The maximum Gasteiger partial charge on any atom is 0.414 e. The fraction of sp³-hybridized carbons (Fsp3) is 0.231.